The zero-order valence-electron chi connectivity index (χ0n) is 20.3. The maximum absolute atomic E-state index is 13.5. The number of hydrogen-bond donors (Lipinski definition) is 1. The van der Waals surface area contributed by atoms with Crippen molar-refractivity contribution >= 4 is 27.7 Å². The molecule has 0 aliphatic carbocycles. The van der Waals surface area contributed by atoms with Crippen molar-refractivity contribution in [2.75, 3.05) is 20.3 Å². The summed E-state index contributed by atoms with van der Waals surface area (Å²) >= 11 is 3.48. The minimum atomic E-state index is -0.702. The number of nitrogens with zero attached hydrogens (tertiary/aromatic N) is 1. The number of rotatable bonds is 11. The number of carbonyl (C=O) groups is 2. The number of carbonyl (C=O) groups excluding carboxylic acids is 2. The van der Waals surface area contributed by atoms with E-state index in [1.165, 1.54) is 0 Å². The number of ether oxygens (including phenoxy) is 2. The Morgan fingerprint density at radius 2 is 1.71 bits per heavy atom. The minimum absolute atomic E-state index is 0.185. The third kappa shape index (κ3) is 7.59. The van der Waals surface area contributed by atoms with Crippen LogP contribution in [-0.2, 0) is 22.6 Å². The molecule has 0 spiro atoms. The van der Waals surface area contributed by atoms with Gasteiger partial charge in [0.05, 0.1) is 7.11 Å². The molecule has 3 aromatic rings. The van der Waals surface area contributed by atoms with Crippen molar-refractivity contribution in [3.8, 4) is 11.5 Å². The molecule has 1 atom stereocenters. The number of benzene rings is 3. The molecule has 0 saturated heterocycles. The molecule has 7 heteroatoms. The summed E-state index contributed by atoms with van der Waals surface area (Å²) in [4.78, 5) is 28.3. The van der Waals surface area contributed by atoms with E-state index < -0.39 is 6.04 Å². The molecule has 0 heterocycles. The SMILES string of the molecule is CCNC(=O)[C@@H](Cc1ccccc1)N(Cc1cccc(OC)c1)C(=O)COc1ccc(Br)c(C)c1. The molecule has 0 aliphatic rings. The molecule has 35 heavy (non-hydrogen) atoms. The van der Waals surface area contributed by atoms with Gasteiger partial charge in [0.1, 0.15) is 17.5 Å². The van der Waals surface area contributed by atoms with Gasteiger partial charge in [0, 0.05) is 24.0 Å². The second-order valence-corrected chi connectivity index (χ2v) is 9.03. The van der Waals surface area contributed by atoms with Crippen molar-refractivity contribution in [2.45, 2.75) is 32.9 Å². The van der Waals surface area contributed by atoms with Crippen LogP contribution in [0.15, 0.2) is 77.3 Å². The van der Waals surface area contributed by atoms with E-state index in [-0.39, 0.29) is 25.0 Å². The topological polar surface area (TPSA) is 67.9 Å². The largest absolute Gasteiger partial charge is 0.497 e. The first-order valence-corrected chi connectivity index (χ1v) is 12.3. The highest BCUT2D eigenvalue weighted by atomic mass is 79.9. The average Bonchev–Trinajstić information content (AvgIpc) is 2.87. The fraction of sp³-hybridized carbons (Fsp3) is 0.286. The number of aryl methyl sites for hydroxylation is 1. The lowest BCUT2D eigenvalue weighted by Gasteiger charge is -2.31. The Kier molecular flexibility index (Phi) is 9.73. The van der Waals surface area contributed by atoms with E-state index in [1.807, 2.05) is 86.6 Å². The van der Waals surface area contributed by atoms with Gasteiger partial charge in [0.25, 0.3) is 5.91 Å². The van der Waals surface area contributed by atoms with Crippen LogP contribution in [0.25, 0.3) is 0 Å². The van der Waals surface area contributed by atoms with E-state index in [0.29, 0.717) is 24.5 Å². The van der Waals surface area contributed by atoms with Gasteiger partial charge in [-0.1, -0.05) is 58.4 Å². The number of likely N-dealkylation sites (N-methyl/N-ethyl adjacent to an activating group) is 1. The Balaban J connectivity index is 1.90. The monoisotopic (exact) mass is 538 g/mol. The van der Waals surface area contributed by atoms with Gasteiger partial charge < -0.3 is 19.7 Å². The van der Waals surface area contributed by atoms with E-state index in [1.54, 1.807) is 12.0 Å². The maximum atomic E-state index is 13.5. The average molecular weight is 539 g/mol. The zero-order valence-corrected chi connectivity index (χ0v) is 21.9. The van der Waals surface area contributed by atoms with E-state index in [4.69, 9.17) is 9.47 Å². The highest BCUT2D eigenvalue weighted by molar-refractivity contribution is 9.10. The van der Waals surface area contributed by atoms with Gasteiger partial charge in [0.2, 0.25) is 5.91 Å². The Morgan fingerprint density at radius 3 is 2.40 bits per heavy atom. The van der Waals surface area contributed by atoms with Crippen LogP contribution in [0.3, 0.4) is 0 Å². The van der Waals surface area contributed by atoms with Crippen LogP contribution in [0.2, 0.25) is 0 Å². The van der Waals surface area contributed by atoms with E-state index in [0.717, 1.165) is 21.2 Å². The van der Waals surface area contributed by atoms with E-state index in [2.05, 4.69) is 21.2 Å². The first kappa shape index (κ1) is 26.3. The van der Waals surface area contributed by atoms with Crippen LogP contribution in [0.4, 0.5) is 0 Å². The van der Waals surface area contributed by atoms with Crippen molar-refractivity contribution in [1.29, 1.82) is 0 Å². The Bertz CT molecular complexity index is 1140. The predicted molar refractivity (Wildman–Crippen MR) is 141 cm³/mol. The van der Waals surface area contributed by atoms with Gasteiger partial charge in [-0.3, -0.25) is 9.59 Å². The molecule has 3 aromatic carbocycles. The van der Waals surface area contributed by atoms with Gasteiger partial charge in [-0.25, -0.2) is 0 Å². The standard InChI is InChI=1S/C28H31BrN2O4/c1-4-30-28(33)26(17-21-9-6-5-7-10-21)31(18-22-11-8-12-23(16-22)34-3)27(32)19-35-24-13-14-25(29)20(2)15-24/h5-16,26H,4,17-19H2,1-3H3,(H,30,33)/t26-/m1/s1. The molecule has 0 saturated carbocycles. The van der Waals surface area contributed by atoms with Gasteiger partial charge in [-0.2, -0.15) is 0 Å². The Labute approximate surface area is 215 Å². The second-order valence-electron chi connectivity index (χ2n) is 8.17. The lowest BCUT2D eigenvalue weighted by molar-refractivity contribution is -0.142. The molecule has 0 fully saturated rings. The van der Waals surface area contributed by atoms with Crippen LogP contribution >= 0.6 is 15.9 Å². The minimum Gasteiger partial charge on any atom is -0.497 e. The fourth-order valence-corrected chi connectivity index (χ4v) is 4.00. The van der Waals surface area contributed by atoms with Crippen LogP contribution in [0.5, 0.6) is 11.5 Å². The highest BCUT2D eigenvalue weighted by Crippen LogP contribution is 2.22. The molecule has 2 amide bonds. The van der Waals surface area contributed by atoms with Crippen LogP contribution in [0.1, 0.15) is 23.6 Å². The van der Waals surface area contributed by atoms with Crippen molar-refractivity contribution in [2.24, 2.45) is 0 Å². The molecule has 6 nitrogen and oxygen atoms in total. The molecule has 0 unspecified atom stereocenters. The normalized spacial score (nSPS) is 11.4. The van der Waals surface area contributed by atoms with Crippen molar-refractivity contribution < 1.29 is 19.1 Å². The number of halogens is 1. The van der Waals surface area contributed by atoms with Crippen molar-refractivity contribution in [1.82, 2.24) is 10.2 Å². The lowest BCUT2D eigenvalue weighted by Crippen LogP contribution is -2.51. The van der Waals surface area contributed by atoms with Crippen molar-refractivity contribution in [3.63, 3.8) is 0 Å². The van der Waals surface area contributed by atoms with E-state index in [9.17, 15) is 9.59 Å². The number of nitrogens with one attached hydrogen (secondary N) is 1. The molecule has 0 radical (unpaired) electrons. The van der Waals surface area contributed by atoms with Crippen LogP contribution in [0, 0.1) is 6.92 Å². The highest BCUT2D eigenvalue weighted by Gasteiger charge is 2.30. The summed E-state index contributed by atoms with van der Waals surface area (Å²) < 4.78 is 12.2. The molecule has 0 bridgehead atoms. The first-order valence-electron chi connectivity index (χ1n) is 11.5. The summed E-state index contributed by atoms with van der Waals surface area (Å²) in [6, 6.07) is 22.1. The molecular formula is C28H31BrN2O4. The quantitative estimate of drug-likeness (QED) is 0.376. The summed E-state index contributed by atoms with van der Waals surface area (Å²) in [5.74, 6) is 0.805. The molecule has 0 aliphatic heterocycles. The van der Waals surface area contributed by atoms with Gasteiger partial charge in [0.15, 0.2) is 6.61 Å². The molecule has 3 rings (SSSR count). The molecule has 184 valence electrons. The lowest BCUT2D eigenvalue weighted by atomic mass is 10.0. The summed E-state index contributed by atoms with van der Waals surface area (Å²) in [6.07, 6.45) is 0.389. The number of amides is 2. The Hall–Kier alpha value is -3.32. The first-order chi connectivity index (χ1) is 16.9. The van der Waals surface area contributed by atoms with Crippen LogP contribution in [-0.4, -0.2) is 43.0 Å². The maximum Gasteiger partial charge on any atom is 0.261 e. The second kappa shape index (κ2) is 13.0. The van der Waals surface area contributed by atoms with Crippen LogP contribution < -0.4 is 14.8 Å². The fourth-order valence-electron chi connectivity index (χ4n) is 3.75. The summed E-state index contributed by atoms with van der Waals surface area (Å²) in [5, 5.41) is 2.89. The molecule has 1 N–H and O–H groups in total. The van der Waals surface area contributed by atoms with E-state index >= 15 is 0 Å². The summed E-state index contributed by atoms with van der Waals surface area (Å²) in [5.41, 5.74) is 2.84. The third-order valence-corrected chi connectivity index (χ3v) is 6.49. The number of hydrogen-bond acceptors (Lipinski definition) is 4. The van der Waals surface area contributed by atoms with Crippen molar-refractivity contribution in [3.05, 3.63) is 94.0 Å². The van der Waals surface area contributed by atoms with Gasteiger partial charge in [-0.15, -0.1) is 0 Å². The summed E-state index contributed by atoms with van der Waals surface area (Å²) in [7, 11) is 1.60. The summed E-state index contributed by atoms with van der Waals surface area (Å²) in [6.45, 7) is 4.35. The van der Waals surface area contributed by atoms with Gasteiger partial charge in [-0.05, 0) is 60.9 Å². The number of methoxy groups -OCH3 is 1. The third-order valence-electron chi connectivity index (χ3n) is 5.60. The molecule has 0 aromatic heterocycles. The Morgan fingerprint density at radius 1 is 0.971 bits per heavy atom. The smallest absolute Gasteiger partial charge is 0.261 e. The zero-order chi connectivity index (χ0) is 25.2. The molecular weight excluding hydrogens is 508 g/mol. The van der Waals surface area contributed by atoms with Gasteiger partial charge >= 0.3 is 0 Å². The predicted octanol–water partition coefficient (Wildman–Crippen LogP) is 4.92.